The molecule has 2 aliphatic rings. The van der Waals surface area contributed by atoms with Gasteiger partial charge in [-0.05, 0) is 51.0 Å². The minimum absolute atomic E-state index is 0.579. The van der Waals surface area contributed by atoms with E-state index in [0.717, 1.165) is 5.92 Å². The van der Waals surface area contributed by atoms with Gasteiger partial charge in [-0.1, -0.05) is 25.5 Å². The van der Waals surface area contributed by atoms with Crippen LogP contribution in [0, 0.1) is 11.3 Å². The first-order valence-electron chi connectivity index (χ1n) is 6.70. The summed E-state index contributed by atoms with van der Waals surface area (Å²) in [5.41, 5.74) is 2.36. The number of allylic oxidation sites excluding steroid dienone is 1. The van der Waals surface area contributed by atoms with Crippen molar-refractivity contribution in [3.8, 4) is 0 Å². The highest BCUT2D eigenvalue weighted by atomic mass is 14.9. The molecule has 0 amide bonds. The van der Waals surface area contributed by atoms with Crippen molar-refractivity contribution >= 4 is 0 Å². The zero-order chi connectivity index (χ0) is 10.7. The van der Waals surface area contributed by atoms with Gasteiger partial charge in [0.05, 0.1) is 0 Å². The van der Waals surface area contributed by atoms with Crippen molar-refractivity contribution < 1.29 is 0 Å². The van der Waals surface area contributed by atoms with Crippen molar-refractivity contribution in [2.24, 2.45) is 11.3 Å². The lowest BCUT2D eigenvalue weighted by Gasteiger charge is -2.24. The van der Waals surface area contributed by atoms with Gasteiger partial charge in [-0.3, -0.25) is 0 Å². The molecular weight excluding hydrogens is 182 g/mol. The van der Waals surface area contributed by atoms with Crippen LogP contribution >= 0.6 is 0 Å². The Hall–Kier alpha value is -0.300. The molecule has 0 aromatic rings. The molecule has 0 aromatic heterocycles. The quantitative estimate of drug-likeness (QED) is 0.537. The van der Waals surface area contributed by atoms with Crippen molar-refractivity contribution in [2.45, 2.75) is 52.4 Å². The van der Waals surface area contributed by atoms with Crippen LogP contribution in [0.5, 0.6) is 0 Å². The summed E-state index contributed by atoms with van der Waals surface area (Å²) in [6, 6.07) is 0. The predicted molar refractivity (Wildman–Crippen MR) is 65.9 cm³/mol. The molecule has 1 fully saturated rings. The van der Waals surface area contributed by atoms with Gasteiger partial charge in [0, 0.05) is 12.0 Å². The zero-order valence-electron chi connectivity index (χ0n) is 10.3. The zero-order valence-corrected chi connectivity index (χ0v) is 10.3. The summed E-state index contributed by atoms with van der Waals surface area (Å²) in [5.74, 6) is 0.922. The smallest absolute Gasteiger partial charge is 0.00654 e. The minimum atomic E-state index is 0.579. The minimum Gasteiger partial charge on any atom is -0.316 e. The molecule has 0 bridgehead atoms. The summed E-state index contributed by atoms with van der Waals surface area (Å²) in [7, 11) is 0. The van der Waals surface area contributed by atoms with E-state index >= 15 is 0 Å². The second-order valence-corrected chi connectivity index (χ2v) is 5.41. The highest BCUT2D eigenvalue weighted by Crippen LogP contribution is 2.58. The summed E-state index contributed by atoms with van der Waals surface area (Å²) in [6.45, 7) is 7.08. The van der Waals surface area contributed by atoms with Crippen LogP contribution in [-0.2, 0) is 0 Å². The molecule has 2 aliphatic carbocycles. The number of nitrogens with one attached hydrogen (secondary N) is 1. The van der Waals surface area contributed by atoms with Crippen LogP contribution in [0.1, 0.15) is 52.4 Å². The molecule has 0 aromatic carbocycles. The number of hydrogen-bond donors (Lipinski definition) is 1. The monoisotopic (exact) mass is 207 g/mol. The average molecular weight is 207 g/mol. The van der Waals surface area contributed by atoms with E-state index in [1.807, 2.05) is 0 Å². The van der Waals surface area contributed by atoms with Crippen LogP contribution in [-0.4, -0.2) is 13.1 Å². The van der Waals surface area contributed by atoms with Crippen LogP contribution in [0.4, 0.5) is 0 Å². The Kier molecular flexibility index (Phi) is 3.50. The van der Waals surface area contributed by atoms with E-state index in [1.54, 1.807) is 5.57 Å². The third kappa shape index (κ3) is 2.28. The van der Waals surface area contributed by atoms with Gasteiger partial charge in [0.1, 0.15) is 0 Å². The van der Waals surface area contributed by atoms with Crippen molar-refractivity contribution in [2.75, 3.05) is 13.1 Å². The SMILES string of the molecule is CCCNCC1(C2=CCCCC2)CC1C. The molecule has 86 valence electrons. The number of rotatable bonds is 5. The Morgan fingerprint density at radius 3 is 2.80 bits per heavy atom. The molecule has 1 nitrogen and oxygen atoms in total. The fourth-order valence-corrected chi connectivity index (χ4v) is 3.07. The van der Waals surface area contributed by atoms with Gasteiger partial charge in [-0.25, -0.2) is 0 Å². The Balaban J connectivity index is 1.93. The highest BCUT2D eigenvalue weighted by Gasteiger charge is 2.52. The molecule has 1 heteroatoms. The predicted octanol–water partition coefficient (Wildman–Crippen LogP) is 3.51. The van der Waals surface area contributed by atoms with E-state index in [2.05, 4.69) is 25.2 Å². The fourth-order valence-electron chi connectivity index (χ4n) is 3.07. The molecule has 1 N–H and O–H groups in total. The van der Waals surface area contributed by atoms with Gasteiger partial charge >= 0.3 is 0 Å². The van der Waals surface area contributed by atoms with Crippen LogP contribution in [0.2, 0.25) is 0 Å². The summed E-state index contributed by atoms with van der Waals surface area (Å²) >= 11 is 0. The molecule has 2 rings (SSSR count). The lowest BCUT2D eigenvalue weighted by atomic mass is 9.85. The normalized spacial score (nSPS) is 35.1. The van der Waals surface area contributed by atoms with Crippen LogP contribution in [0.3, 0.4) is 0 Å². The maximum atomic E-state index is 3.62. The third-order valence-corrected chi connectivity index (χ3v) is 4.25. The molecule has 2 unspecified atom stereocenters. The van der Waals surface area contributed by atoms with E-state index < -0.39 is 0 Å². The molecule has 0 saturated heterocycles. The highest BCUT2D eigenvalue weighted by molar-refractivity contribution is 5.26. The Bertz CT molecular complexity index is 244. The molecule has 0 heterocycles. The second kappa shape index (κ2) is 4.69. The maximum Gasteiger partial charge on any atom is 0.00654 e. The Morgan fingerprint density at radius 2 is 2.27 bits per heavy atom. The third-order valence-electron chi connectivity index (χ3n) is 4.25. The lowest BCUT2D eigenvalue weighted by Crippen LogP contribution is -2.28. The maximum absolute atomic E-state index is 3.62. The Morgan fingerprint density at radius 1 is 1.47 bits per heavy atom. The summed E-state index contributed by atoms with van der Waals surface area (Å²) < 4.78 is 0. The largest absolute Gasteiger partial charge is 0.316 e. The van der Waals surface area contributed by atoms with Gasteiger partial charge in [0.25, 0.3) is 0 Å². The van der Waals surface area contributed by atoms with Crippen molar-refractivity contribution in [1.82, 2.24) is 5.32 Å². The van der Waals surface area contributed by atoms with E-state index in [0.29, 0.717) is 5.41 Å². The van der Waals surface area contributed by atoms with Crippen molar-refractivity contribution in [3.05, 3.63) is 11.6 Å². The molecular formula is C14H25N. The fraction of sp³-hybridized carbons (Fsp3) is 0.857. The van der Waals surface area contributed by atoms with Crippen LogP contribution < -0.4 is 5.32 Å². The van der Waals surface area contributed by atoms with Crippen molar-refractivity contribution in [3.63, 3.8) is 0 Å². The molecule has 0 aliphatic heterocycles. The molecule has 2 atom stereocenters. The molecule has 0 radical (unpaired) electrons. The first-order chi connectivity index (χ1) is 7.29. The van der Waals surface area contributed by atoms with E-state index in [-0.39, 0.29) is 0 Å². The van der Waals surface area contributed by atoms with Gasteiger partial charge < -0.3 is 5.32 Å². The van der Waals surface area contributed by atoms with Crippen LogP contribution in [0.15, 0.2) is 11.6 Å². The first kappa shape index (κ1) is 11.2. The topological polar surface area (TPSA) is 12.0 Å². The molecule has 0 spiro atoms. The summed E-state index contributed by atoms with van der Waals surface area (Å²) in [5, 5.41) is 3.62. The van der Waals surface area contributed by atoms with Crippen LogP contribution in [0.25, 0.3) is 0 Å². The first-order valence-corrected chi connectivity index (χ1v) is 6.70. The molecule has 15 heavy (non-hydrogen) atoms. The average Bonchev–Trinajstić information content (AvgIpc) is 2.93. The van der Waals surface area contributed by atoms with Gasteiger partial charge in [0.15, 0.2) is 0 Å². The van der Waals surface area contributed by atoms with Gasteiger partial charge in [-0.2, -0.15) is 0 Å². The standard InChI is InChI=1S/C14H25N/c1-3-9-15-11-14(10-12(14)2)13-7-5-4-6-8-13/h7,12,15H,3-6,8-11H2,1-2H3. The van der Waals surface area contributed by atoms with E-state index in [9.17, 15) is 0 Å². The lowest BCUT2D eigenvalue weighted by molar-refractivity contribution is 0.459. The molecule has 1 saturated carbocycles. The van der Waals surface area contributed by atoms with E-state index in [1.165, 1.54) is 51.6 Å². The van der Waals surface area contributed by atoms with E-state index in [4.69, 9.17) is 0 Å². The summed E-state index contributed by atoms with van der Waals surface area (Å²) in [4.78, 5) is 0. The van der Waals surface area contributed by atoms with Gasteiger partial charge in [0.2, 0.25) is 0 Å². The summed E-state index contributed by atoms with van der Waals surface area (Å²) in [6.07, 6.45) is 10.8. The van der Waals surface area contributed by atoms with Gasteiger partial charge in [-0.15, -0.1) is 0 Å². The number of hydrogen-bond acceptors (Lipinski definition) is 1. The van der Waals surface area contributed by atoms with Crippen molar-refractivity contribution in [1.29, 1.82) is 0 Å². The second-order valence-electron chi connectivity index (χ2n) is 5.41. The Labute approximate surface area is 94.3 Å².